The molecule has 0 spiro atoms. The molecule has 0 unspecified atom stereocenters. The normalized spacial score (nSPS) is 15.6. The van der Waals surface area contributed by atoms with Gasteiger partial charge in [0, 0.05) is 13.1 Å². The van der Waals surface area contributed by atoms with Gasteiger partial charge in [0.1, 0.15) is 0 Å². The van der Waals surface area contributed by atoms with Crippen molar-refractivity contribution in [2.45, 2.75) is 31.1 Å². The Balaban J connectivity index is 1.64. The number of nitrogens with zero attached hydrogens (tertiary/aromatic N) is 2. The molecule has 0 aliphatic carbocycles. The van der Waals surface area contributed by atoms with Crippen molar-refractivity contribution < 1.29 is 13.2 Å². The lowest BCUT2D eigenvalue weighted by Gasteiger charge is -2.26. The van der Waals surface area contributed by atoms with Gasteiger partial charge in [-0.1, -0.05) is 36.0 Å². The first-order chi connectivity index (χ1) is 13.4. The summed E-state index contributed by atoms with van der Waals surface area (Å²) in [4.78, 5) is 17.4. The molecule has 4 rings (SSSR count). The summed E-state index contributed by atoms with van der Waals surface area (Å²) in [6.07, 6.45) is 2.72. The number of carbonyl (C=O) groups is 1. The van der Waals surface area contributed by atoms with Gasteiger partial charge in [-0.2, -0.15) is 4.31 Å². The number of sulfonamides is 1. The minimum absolute atomic E-state index is 0.0476. The maximum Gasteiger partial charge on any atom is 0.258 e. The maximum absolute atomic E-state index is 13.1. The summed E-state index contributed by atoms with van der Waals surface area (Å²) >= 11 is 1.37. The highest BCUT2D eigenvalue weighted by Crippen LogP contribution is 2.28. The molecule has 2 aromatic carbocycles. The van der Waals surface area contributed by atoms with Gasteiger partial charge in [-0.15, -0.1) is 0 Å². The Bertz CT molecular complexity index is 1130. The Labute approximate surface area is 168 Å². The fourth-order valence-electron chi connectivity index (χ4n) is 3.37. The second-order valence-electron chi connectivity index (χ2n) is 6.91. The number of nitrogens with one attached hydrogen (secondary N) is 1. The van der Waals surface area contributed by atoms with Gasteiger partial charge in [-0.25, -0.2) is 13.4 Å². The molecule has 1 aliphatic rings. The van der Waals surface area contributed by atoms with Crippen LogP contribution in [0.3, 0.4) is 0 Å². The van der Waals surface area contributed by atoms with Gasteiger partial charge < -0.3 is 0 Å². The molecule has 0 atom stereocenters. The Morgan fingerprint density at radius 3 is 2.64 bits per heavy atom. The summed E-state index contributed by atoms with van der Waals surface area (Å²) in [6, 6.07) is 12.3. The maximum atomic E-state index is 13.1. The number of fused-ring (bicyclic) bond motifs is 1. The Morgan fingerprint density at radius 2 is 1.86 bits per heavy atom. The zero-order chi connectivity index (χ0) is 19.7. The molecule has 1 saturated heterocycles. The highest BCUT2D eigenvalue weighted by Gasteiger charge is 2.30. The first-order valence-corrected chi connectivity index (χ1v) is 11.5. The molecular weight excluding hydrogens is 394 g/mol. The quantitative estimate of drug-likeness (QED) is 0.698. The van der Waals surface area contributed by atoms with Crippen molar-refractivity contribution in [2.75, 3.05) is 18.4 Å². The minimum Gasteiger partial charge on any atom is -0.298 e. The molecular formula is C20H21N3O3S2. The minimum atomic E-state index is -3.70. The molecule has 1 fully saturated rings. The number of amides is 1. The van der Waals surface area contributed by atoms with Crippen LogP contribution in [0.1, 0.15) is 35.2 Å². The van der Waals surface area contributed by atoms with Crippen LogP contribution in [-0.2, 0) is 10.0 Å². The summed E-state index contributed by atoms with van der Waals surface area (Å²) < 4.78 is 28.6. The van der Waals surface area contributed by atoms with Gasteiger partial charge in [-0.3, -0.25) is 10.1 Å². The molecule has 0 saturated carbocycles. The molecule has 2 heterocycles. The van der Waals surface area contributed by atoms with E-state index in [0.29, 0.717) is 18.2 Å². The summed E-state index contributed by atoms with van der Waals surface area (Å²) in [5, 5.41) is 3.22. The van der Waals surface area contributed by atoms with E-state index >= 15 is 0 Å². The smallest absolute Gasteiger partial charge is 0.258 e. The van der Waals surface area contributed by atoms with E-state index in [1.165, 1.54) is 21.7 Å². The zero-order valence-electron chi connectivity index (χ0n) is 15.5. The predicted octanol–water partition coefficient (Wildman–Crippen LogP) is 4.03. The van der Waals surface area contributed by atoms with E-state index in [2.05, 4.69) is 10.3 Å². The summed E-state index contributed by atoms with van der Waals surface area (Å²) in [5.41, 5.74) is 2.07. The molecule has 3 aromatic rings. The number of rotatable bonds is 4. The summed E-state index contributed by atoms with van der Waals surface area (Å²) in [7, 11) is -3.70. The summed E-state index contributed by atoms with van der Waals surface area (Å²) in [6.45, 7) is 2.99. The number of hydrogen-bond donors (Lipinski definition) is 1. The van der Waals surface area contributed by atoms with Crippen molar-refractivity contribution in [1.29, 1.82) is 0 Å². The van der Waals surface area contributed by atoms with Gasteiger partial charge in [0.2, 0.25) is 10.0 Å². The number of anilines is 1. The largest absolute Gasteiger partial charge is 0.298 e. The Morgan fingerprint density at radius 1 is 1.11 bits per heavy atom. The SMILES string of the molecule is Cc1ccc2nc(NC(=O)c3ccccc3S(=O)(=O)N3CCCCC3)sc2c1. The highest BCUT2D eigenvalue weighted by atomic mass is 32.2. The van der Waals surface area contributed by atoms with E-state index in [-0.39, 0.29) is 10.5 Å². The van der Waals surface area contributed by atoms with Crippen LogP contribution in [0, 0.1) is 6.92 Å². The van der Waals surface area contributed by atoms with Gasteiger partial charge >= 0.3 is 0 Å². The van der Waals surface area contributed by atoms with Crippen molar-refractivity contribution in [1.82, 2.24) is 9.29 Å². The molecule has 1 N–H and O–H groups in total. The van der Waals surface area contributed by atoms with Gasteiger partial charge in [-0.05, 0) is 49.6 Å². The van der Waals surface area contributed by atoms with Crippen molar-refractivity contribution >= 4 is 42.6 Å². The third-order valence-electron chi connectivity index (χ3n) is 4.83. The van der Waals surface area contributed by atoms with E-state index < -0.39 is 15.9 Å². The van der Waals surface area contributed by atoms with Gasteiger partial charge in [0.05, 0.1) is 20.7 Å². The standard InChI is InChI=1S/C20H21N3O3S2/c1-14-9-10-16-17(13-14)27-20(21-16)22-19(24)15-7-3-4-8-18(15)28(25,26)23-11-5-2-6-12-23/h3-4,7-10,13H,2,5-6,11-12H2,1H3,(H,21,22,24). The lowest BCUT2D eigenvalue weighted by Crippen LogP contribution is -2.36. The topological polar surface area (TPSA) is 79.4 Å². The molecule has 6 nitrogen and oxygen atoms in total. The van der Waals surface area contributed by atoms with Crippen molar-refractivity contribution in [3.63, 3.8) is 0 Å². The molecule has 1 aliphatic heterocycles. The fraction of sp³-hybridized carbons (Fsp3) is 0.300. The number of benzene rings is 2. The Kier molecular flexibility index (Phi) is 5.18. The predicted molar refractivity (Wildman–Crippen MR) is 111 cm³/mol. The molecule has 8 heteroatoms. The van der Waals surface area contributed by atoms with Crippen LogP contribution < -0.4 is 5.32 Å². The summed E-state index contributed by atoms with van der Waals surface area (Å²) in [5.74, 6) is -0.466. The third-order valence-corrected chi connectivity index (χ3v) is 7.72. The monoisotopic (exact) mass is 415 g/mol. The van der Waals surface area contributed by atoms with Crippen LogP contribution in [0.25, 0.3) is 10.2 Å². The van der Waals surface area contributed by atoms with Gasteiger partial charge in [0.15, 0.2) is 5.13 Å². The van der Waals surface area contributed by atoms with Gasteiger partial charge in [0.25, 0.3) is 5.91 Å². The van der Waals surface area contributed by atoms with E-state index in [4.69, 9.17) is 0 Å². The Hall–Kier alpha value is -2.29. The first-order valence-electron chi connectivity index (χ1n) is 9.23. The second-order valence-corrected chi connectivity index (χ2v) is 9.84. The van der Waals surface area contributed by atoms with E-state index in [1.54, 1.807) is 18.2 Å². The number of carbonyl (C=O) groups excluding carboxylic acids is 1. The van der Waals surface area contributed by atoms with E-state index in [9.17, 15) is 13.2 Å². The third kappa shape index (κ3) is 3.67. The molecule has 0 radical (unpaired) electrons. The lowest BCUT2D eigenvalue weighted by atomic mass is 10.2. The van der Waals surface area contributed by atoms with Crippen LogP contribution >= 0.6 is 11.3 Å². The van der Waals surface area contributed by atoms with Crippen molar-refractivity contribution in [2.24, 2.45) is 0 Å². The molecule has 1 amide bonds. The second kappa shape index (κ2) is 7.62. The van der Waals surface area contributed by atoms with Crippen LogP contribution in [0.4, 0.5) is 5.13 Å². The fourth-order valence-corrected chi connectivity index (χ4v) is 6.04. The van der Waals surface area contributed by atoms with Crippen molar-refractivity contribution in [3.8, 4) is 0 Å². The van der Waals surface area contributed by atoms with Crippen LogP contribution in [0.5, 0.6) is 0 Å². The molecule has 1 aromatic heterocycles. The first kappa shape index (κ1) is 19.0. The number of hydrogen-bond acceptors (Lipinski definition) is 5. The zero-order valence-corrected chi connectivity index (χ0v) is 17.1. The van der Waals surface area contributed by atoms with E-state index in [1.807, 2.05) is 25.1 Å². The average Bonchev–Trinajstić information content (AvgIpc) is 3.10. The number of piperidine rings is 1. The van der Waals surface area contributed by atoms with Crippen molar-refractivity contribution in [3.05, 3.63) is 53.6 Å². The molecule has 0 bridgehead atoms. The van der Waals surface area contributed by atoms with E-state index in [0.717, 1.165) is 35.0 Å². The van der Waals surface area contributed by atoms with Crippen LogP contribution in [0.15, 0.2) is 47.4 Å². The number of aromatic nitrogens is 1. The average molecular weight is 416 g/mol. The number of thiazole rings is 1. The highest BCUT2D eigenvalue weighted by molar-refractivity contribution is 7.89. The van der Waals surface area contributed by atoms with Crippen LogP contribution in [0.2, 0.25) is 0 Å². The number of aryl methyl sites for hydroxylation is 1. The molecule has 28 heavy (non-hydrogen) atoms. The molecule has 146 valence electrons. The van der Waals surface area contributed by atoms with Crippen LogP contribution in [-0.4, -0.2) is 36.7 Å². The lowest BCUT2D eigenvalue weighted by molar-refractivity contribution is 0.102.